The Morgan fingerprint density at radius 1 is 1.28 bits per heavy atom. The van der Waals surface area contributed by atoms with E-state index in [1.54, 1.807) is 0 Å². The number of halogens is 1. The molecule has 1 atom stereocenters. The van der Waals surface area contributed by atoms with Crippen LogP contribution in [0.2, 0.25) is 0 Å². The fraction of sp³-hybridized carbons (Fsp3) is 0.619. The molecule has 8 heteroatoms. The smallest absolute Gasteiger partial charge is 0.221 e. The predicted molar refractivity (Wildman–Crippen MR) is 128 cm³/mol. The molecule has 1 heterocycles. The number of aliphatic imine (C=N–C) groups is 1. The third kappa shape index (κ3) is 11.4. The minimum absolute atomic E-state index is 0. The normalized spacial score (nSPS) is 16.2. The Labute approximate surface area is 191 Å². The quantitative estimate of drug-likeness (QED) is 0.182. The topological polar surface area (TPSA) is 84.0 Å². The van der Waals surface area contributed by atoms with E-state index in [0.717, 1.165) is 77.0 Å². The number of nitrogens with one attached hydrogen (secondary N) is 3. The SMILES string of the molecule is CCNC(=NCCCOCC1CCOC1)NCCc1ccc(NC(C)=O)cc1.I. The number of benzene rings is 1. The van der Waals surface area contributed by atoms with Gasteiger partial charge in [0.2, 0.25) is 5.91 Å². The standard InChI is InChI=1S/C21H34N4O3.HI/c1-3-22-21(23-11-4-13-27-15-19-10-14-28-16-19)24-12-9-18-5-7-20(8-6-18)25-17(2)26;/h5-8,19H,3-4,9-16H2,1-2H3,(H,25,26)(H2,22,23,24);1H. The molecule has 0 bridgehead atoms. The molecule has 0 radical (unpaired) electrons. The molecule has 1 aromatic rings. The summed E-state index contributed by atoms with van der Waals surface area (Å²) >= 11 is 0. The number of amides is 1. The van der Waals surface area contributed by atoms with Crippen molar-refractivity contribution < 1.29 is 14.3 Å². The molecule has 1 aromatic carbocycles. The zero-order valence-electron chi connectivity index (χ0n) is 17.5. The Morgan fingerprint density at radius 3 is 2.72 bits per heavy atom. The first-order valence-corrected chi connectivity index (χ1v) is 10.2. The molecule has 2 rings (SSSR count). The summed E-state index contributed by atoms with van der Waals surface area (Å²) in [5.41, 5.74) is 2.03. The second kappa shape index (κ2) is 15.4. The third-order valence-electron chi connectivity index (χ3n) is 4.42. The van der Waals surface area contributed by atoms with Gasteiger partial charge >= 0.3 is 0 Å². The van der Waals surface area contributed by atoms with Crippen LogP contribution in [-0.2, 0) is 20.7 Å². The molecule has 0 saturated carbocycles. The monoisotopic (exact) mass is 518 g/mol. The van der Waals surface area contributed by atoms with E-state index in [1.807, 2.05) is 24.3 Å². The minimum Gasteiger partial charge on any atom is -0.381 e. The molecule has 1 aliphatic rings. The summed E-state index contributed by atoms with van der Waals surface area (Å²) < 4.78 is 11.1. The first kappa shape index (κ1) is 25.6. The minimum atomic E-state index is -0.0566. The van der Waals surface area contributed by atoms with Crippen molar-refractivity contribution in [1.29, 1.82) is 0 Å². The van der Waals surface area contributed by atoms with Crippen molar-refractivity contribution in [3.63, 3.8) is 0 Å². The van der Waals surface area contributed by atoms with Crippen molar-refractivity contribution in [2.45, 2.75) is 33.1 Å². The van der Waals surface area contributed by atoms with E-state index in [4.69, 9.17) is 9.47 Å². The summed E-state index contributed by atoms with van der Waals surface area (Å²) in [5.74, 6) is 1.34. The number of carbonyl (C=O) groups excluding carboxylic acids is 1. The lowest BCUT2D eigenvalue weighted by atomic mass is 10.1. The van der Waals surface area contributed by atoms with Crippen molar-refractivity contribution >= 4 is 41.5 Å². The van der Waals surface area contributed by atoms with Crippen LogP contribution >= 0.6 is 24.0 Å². The van der Waals surface area contributed by atoms with Gasteiger partial charge in [-0.05, 0) is 43.9 Å². The number of guanidine groups is 1. The lowest BCUT2D eigenvalue weighted by Crippen LogP contribution is -2.38. The van der Waals surface area contributed by atoms with Gasteiger partial charge < -0.3 is 25.4 Å². The Kier molecular flexibility index (Phi) is 13.7. The van der Waals surface area contributed by atoms with Crippen molar-refractivity contribution in [3.8, 4) is 0 Å². The highest BCUT2D eigenvalue weighted by Crippen LogP contribution is 2.12. The van der Waals surface area contributed by atoms with E-state index in [0.29, 0.717) is 5.92 Å². The Balaban J connectivity index is 0.00000420. The van der Waals surface area contributed by atoms with Gasteiger partial charge in [0.1, 0.15) is 0 Å². The fourth-order valence-corrected chi connectivity index (χ4v) is 2.95. The number of nitrogens with zero attached hydrogens (tertiary/aromatic N) is 1. The second-order valence-corrected chi connectivity index (χ2v) is 6.97. The van der Waals surface area contributed by atoms with E-state index in [9.17, 15) is 4.79 Å². The van der Waals surface area contributed by atoms with Crippen LogP contribution in [0.25, 0.3) is 0 Å². The fourth-order valence-electron chi connectivity index (χ4n) is 2.95. The van der Waals surface area contributed by atoms with Crippen LogP contribution in [0.4, 0.5) is 5.69 Å². The molecule has 1 fully saturated rings. The molecule has 0 aliphatic carbocycles. The van der Waals surface area contributed by atoms with Crippen LogP contribution in [0.15, 0.2) is 29.3 Å². The maximum Gasteiger partial charge on any atom is 0.221 e. The summed E-state index contributed by atoms with van der Waals surface area (Å²) in [5, 5.41) is 9.41. The maximum absolute atomic E-state index is 11.1. The van der Waals surface area contributed by atoms with Crippen molar-refractivity contribution in [3.05, 3.63) is 29.8 Å². The lowest BCUT2D eigenvalue weighted by molar-refractivity contribution is -0.114. The number of hydrogen-bond donors (Lipinski definition) is 3. The van der Waals surface area contributed by atoms with E-state index in [2.05, 4.69) is 27.9 Å². The molecule has 3 N–H and O–H groups in total. The van der Waals surface area contributed by atoms with E-state index in [-0.39, 0.29) is 29.9 Å². The average molecular weight is 518 g/mol. The highest BCUT2D eigenvalue weighted by atomic mass is 127. The van der Waals surface area contributed by atoms with Gasteiger partial charge in [-0.2, -0.15) is 0 Å². The van der Waals surface area contributed by atoms with Gasteiger partial charge in [-0.25, -0.2) is 0 Å². The number of carbonyl (C=O) groups is 1. The lowest BCUT2D eigenvalue weighted by Gasteiger charge is -2.12. The molecule has 1 unspecified atom stereocenters. The number of hydrogen-bond acceptors (Lipinski definition) is 4. The highest BCUT2D eigenvalue weighted by molar-refractivity contribution is 14.0. The molecule has 1 saturated heterocycles. The summed E-state index contributed by atoms with van der Waals surface area (Å²) in [7, 11) is 0. The molecular formula is C21H35IN4O3. The van der Waals surface area contributed by atoms with E-state index in [1.165, 1.54) is 12.5 Å². The zero-order chi connectivity index (χ0) is 20.0. The van der Waals surface area contributed by atoms with Crippen LogP contribution in [0.3, 0.4) is 0 Å². The van der Waals surface area contributed by atoms with E-state index < -0.39 is 0 Å². The summed E-state index contributed by atoms with van der Waals surface area (Å²) in [6.07, 6.45) is 2.91. The molecule has 7 nitrogen and oxygen atoms in total. The molecule has 1 amide bonds. The predicted octanol–water partition coefficient (Wildman–Crippen LogP) is 2.80. The summed E-state index contributed by atoms with van der Waals surface area (Å²) in [6, 6.07) is 7.91. The molecule has 164 valence electrons. The van der Waals surface area contributed by atoms with Crippen LogP contribution < -0.4 is 16.0 Å². The van der Waals surface area contributed by atoms with Gasteiger partial charge in [0.25, 0.3) is 0 Å². The Bertz CT molecular complexity index is 604. The van der Waals surface area contributed by atoms with Gasteiger partial charge in [-0.1, -0.05) is 12.1 Å². The number of rotatable bonds is 11. The molecule has 29 heavy (non-hydrogen) atoms. The summed E-state index contributed by atoms with van der Waals surface area (Å²) in [6.45, 7) is 9.17. The van der Waals surface area contributed by atoms with Gasteiger partial charge in [0.05, 0.1) is 13.2 Å². The molecular weight excluding hydrogens is 483 g/mol. The molecule has 1 aliphatic heterocycles. The number of ether oxygens (including phenoxy) is 2. The third-order valence-corrected chi connectivity index (χ3v) is 4.42. The highest BCUT2D eigenvalue weighted by Gasteiger charge is 2.15. The van der Waals surface area contributed by atoms with Crippen molar-refractivity contribution in [2.24, 2.45) is 10.9 Å². The molecule has 0 spiro atoms. The van der Waals surface area contributed by atoms with Gasteiger partial charge in [0, 0.05) is 51.4 Å². The van der Waals surface area contributed by atoms with Crippen LogP contribution in [0, 0.1) is 5.92 Å². The van der Waals surface area contributed by atoms with Crippen LogP contribution in [-0.4, -0.2) is 57.9 Å². The van der Waals surface area contributed by atoms with Gasteiger partial charge in [-0.15, -0.1) is 24.0 Å². The van der Waals surface area contributed by atoms with Crippen molar-refractivity contribution in [1.82, 2.24) is 10.6 Å². The van der Waals surface area contributed by atoms with Crippen LogP contribution in [0.1, 0.15) is 32.3 Å². The van der Waals surface area contributed by atoms with Crippen LogP contribution in [0.5, 0.6) is 0 Å². The summed E-state index contributed by atoms with van der Waals surface area (Å²) in [4.78, 5) is 15.7. The van der Waals surface area contributed by atoms with Gasteiger partial charge in [-0.3, -0.25) is 9.79 Å². The second-order valence-electron chi connectivity index (χ2n) is 6.97. The first-order chi connectivity index (χ1) is 13.7. The number of anilines is 1. The average Bonchev–Trinajstić information content (AvgIpc) is 3.19. The first-order valence-electron chi connectivity index (χ1n) is 10.2. The van der Waals surface area contributed by atoms with Gasteiger partial charge in [0.15, 0.2) is 5.96 Å². The molecule has 0 aromatic heterocycles. The Morgan fingerprint density at radius 2 is 2.07 bits per heavy atom. The van der Waals surface area contributed by atoms with Crippen molar-refractivity contribution in [2.75, 3.05) is 51.4 Å². The largest absolute Gasteiger partial charge is 0.381 e. The van der Waals surface area contributed by atoms with E-state index >= 15 is 0 Å². The zero-order valence-corrected chi connectivity index (χ0v) is 19.9. The maximum atomic E-state index is 11.1. The Hall–Kier alpha value is -1.39.